The first kappa shape index (κ1) is 21.5. The number of carbonyl (C=O) groups excluding carboxylic acids is 1. The van der Waals surface area contributed by atoms with Crippen LogP contribution in [0, 0.1) is 20.2 Å². The zero-order valence-corrected chi connectivity index (χ0v) is 16.0. The van der Waals surface area contributed by atoms with E-state index in [2.05, 4.69) is 10.5 Å². The number of hydrogen-bond donors (Lipinski definition) is 1. The number of amides is 1. The van der Waals surface area contributed by atoms with Gasteiger partial charge in [0.1, 0.15) is 0 Å². The summed E-state index contributed by atoms with van der Waals surface area (Å²) in [5, 5.41) is 25.9. The summed E-state index contributed by atoms with van der Waals surface area (Å²) in [6.07, 6.45) is 1.55. The van der Waals surface area contributed by atoms with Gasteiger partial charge in [-0.25, -0.2) is 5.43 Å². The van der Waals surface area contributed by atoms with E-state index >= 15 is 0 Å². The molecular formula is C19H20N4O6. The maximum absolute atomic E-state index is 12.0. The summed E-state index contributed by atoms with van der Waals surface area (Å²) < 4.78 is 5.27. The van der Waals surface area contributed by atoms with Crippen LogP contribution in [0.5, 0.6) is 5.75 Å². The van der Waals surface area contributed by atoms with E-state index in [1.807, 2.05) is 6.92 Å². The molecule has 1 N–H and O–H groups in total. The Morgan fingerprint density at radius 1 is 1.14 bits per heavy atom. The molecule has 0 aliphatic heterocycles. The van der Waals surface area contributed by atoms with Gasteiger partial charge in [0.15, 0.2) is 12.4 Å². The quantitative estimate of drug-likeness (QED) is 0.389. The predicted molar refractivity (Wildman–Crippen MR) is 106 cm³/mol. The smallest absolute Gasteiger partial charge is 0.311 e. The van der Waals surface area contributed by atoms with E-state index in [-0.39, 0.29) is 17.1 Å². The Hall–Kier alpha value is -3.82. The Bertz CT molecular complexity index is 957. The number of rotatable bonds is 9. The second-order valence-electron chi connectivity index (χ2n) is 6.14. The molecule has 2 aromatic rings. The van der Waals surface area contributed by atoms with Crippen molar-refractivity contribution in [2.24, 2.45) is 5.10 Å². The third-order valence-corrected chi connectivity index (χ3v) is 3.94. The number of nitro groups is 2. The third kappa shape index (κ3) is 6.09. The lowest BCUT2D eigenvalue weighted by Gasteiger charge is -2.08. The first-order valence-electron chi connectivity index (χ1n) is 8.80. The number of aryl methyl sites for hydroxylation is 1. The van der Waals surface area contributed by atoms with E-state index in [4.69, 9.17) is 4.74 Å². The molecule has 152 valence electrons. The lowest BCUT2D eigenvalue weighted by atomic mass is 10.1. The molecule has 0 heterocycles. The van der Waals surface area contributed by atoms with Crippen molar-refractivity contribution in [3.8, 4) is 5.75 Å². The summed E-state index contributed by atoms with van der Waals surface area (Å²) >= 11 is 0. The molecule has 2 aromatic carbocycles. The van der Waals surface area contributed by atoms with Crippen LogP contribution < -0.4 is 10.2 Å². The fraction of sp³-hybridized carbons (Fsp3) is 0.263. The third-order valence-electron chi connectivity index (χ3n) is 3.94. The Balaban J connectivity index is 2.01. The SMILES string of the molecule is CCCc1ccc(OCC(=O)NN=C(C)c2cccc([N+](=O)[O-])c2)c([N+](=O)[O-])c1. The van der Waals surface area contributed by atoms with Crippen molar-refractivity contribution >= 4 is 23.0 Å². The van der Waals surface area contributed by atoms with Crippen LogP contribution in [0.1, 0.15) is 31.4 Å². The van der Waals surface area contributed by atoms with Gasteiger partial charge in [0.25, 0.3) is 11.6 Å². The normalized spacial score (nSPS) is 11.0. The van der Waals surface area contributed by atoms with Crippen molar-refractivity contribution < 1.29 is 19.4 Å². The van der Waals surface area contributed by atoms with E-state index in [1.54, 1.807) is 19.1 Å². The highest BCUT2D eigenvalue weighted by atomic mass is 16.6. The highest BCUT2D eigenvalue weighted by Gasteiger charge is 2.17. The monoisotopic (exact) mass is 400 g/mol. The molecule has 2 rings (SSSR count). The number of non-ortho nitro benzene ring substituents is 1. The number of carbonyl (C=O) groups is 1. The van der Waals surface area contributed by atoms with Crippen molar-refractivity contribution in [2.45, 2.75) is 26.7 Å². The molecule has 0 spiro atoms. The summed E-state index contributed by atoms with van der Waals surface area (Å²) in [6, 6.07) is 10.4. The largest absolute Gasteiger partial charge is 0.477 e. The average molecular weight is 400 g/mol. The number of nitro benzene ring substituents is 2. The maximum atomic E-state index is 12.0. The number of benzene rings is 2. The van der Waals surface area contributed by atoms with E-state index in [0.29, 0.717) is 17.7 Å². The molecule has 0 unspecified atom stereocenters. The lowest BCUT2D eigenvalue weighted by Crippen LogP contribution is -2.25. The van der Waals surface area contributed by atoms with Gasteiger partial charge < -0.3 is 4.74 Å². The fourth-order valence-electron chi connectivity index (χ4n) is 2.50. The molecule has 0 aliphatic carbocycles. The summed E-state index contributed by atoms with van der Waals surface area (Å²) in [4.78, 5) is 32.9. The summed E-state index contributed by atoms with van der Waals surface area (Å²) in [5.41, 5.74) is 3.61. The van der Waals surface area contributed by atoms with Crippen molar-refractivity contribution in [3.63, 3.8) is 0 Å². The van der Waals surface area contributed by atoms with Crippen LogP contribution in [0.15, 0.2) is 47.6 Å². The second kappa shape index (κ2) is 9.93. The molecule has 0 fully saturated rings. The molecule has 0 aliphatic rings. The van der Waals surface area contributed by atoms with Crippen LogP contribution in [0.3, 0.4) is 0 Å². The van der Waals surface area contributed by atoms with Crippen molar-refractivity contribution in [1.82, 2.24) is 5.43 Å². The minimum Gasteiger partial charge on any atom is -0.477 e. The molecule has 0 radical (unpaired) electrons. The number of nitrogens with zero attached hydrogens (tertiary/aromatic N) is 3. The van der Waals surface area contributed by atoms with Crippen molar-refractivity contribution in [2.75, 3.05) is 6.61 Å². The van der Waals surface area contributed by atoms with Crippen LogP contribution in [-0.2, 0) is 11.2 Å². The standard InChI is InChI=1S/C19H20N4O6/c1-3-5-14-8-9-18(17(10-14)23(27)28)29-12-19(24)21-20-13(2)15-6-4-7-16(11-15)22(25)26/h4,6-11H,3,5,12H2,1-2H3,(H,21,24). The Labute approximate surface area is 166 Å². The van der Waals surface area contributed by atoms with Gasteiger partial charge in [0, 0.05) is 23.8 Å². The minimum absolute atomic E-state index is 0.00983. The average Bonchev–Trinajstić information content (AvgIpc) is 2.71. The highest BCUT2D eigenvalue weighted by Crippen LogP contribution is 2.28. The van der Waals surface area contributed by atoms with Gasteiger partial charge >= 0.3 is 5.69 Å². The molecule has 0 saturated heterocycles. The molecule has 0 bridgehead atoms. The number of hydrazone groups is 1. The van der Waals surface area contributed by atoms with Crippen LogP contribution in [0.4, 0.5) is 11.4 Å². The van der Waals surface area contributed by atoms with Crippen LogP contribution in [0.25, 0.3) is 0 Å². The molecule has 10 heteroatoms. The fourth-order valence-corrected chi connectivity index (χ4v) is 2.50. The molecule has 0 atom stereocenters. The topological polar surface area (TPSA) is 137 Å². The first-order valence-corrected chi connectivity index (χ1v) is 8.80. The zero-order chi connectivity index (χ0) is 21.4. The molecule has 10 nitrogen and oxygen atoms in total. The number of hydrogen-bond acceptors (Lipinski definition) is 7. The van der Waals surface area contributed by atoms with Gasteiger partial charge in [-0.3, -0.25) is 25.0 Å². The van der Waals surface area contributed by atoms with Gasteiger partial charge in [0.2, 0.25) is 0 Å². The van der Waals surface area contributed by atoms with Crippen LogP contribution >= 0.6 is 0 Å². The Kier molecular flexibility index (Phi) is 7.35. The van der Waals surface area contributed by atoms with E-state index < -0.39 is 22.4 Å². The first-order chi connectivity index (χ1) is 13.8. The molecule has 29 heavy (non-hydrogen) atoms. The molecule has 0 saturated carbocycles. The zero-order valence-electron chi connectivity index (χ0n) is 16.0. The number of ether oxygens (including phenoxy) is 1. The predicted octanol–water partition coefficient (Wildman–Crippen LogP) is 3.37. The minimum atomic E-state index is -0.623. The molecule has 0 aromatic heterocycles. The molecular weight excluding hydrogens is 380 g/mol. The second-order valence-corrected chi connectivity index (χ2v) is 6.14. The van der Waals surface area contributed by atoms with Crippen molar-refractivity contribution in [1.29, 1.82) is 0 Å². The summed E-state index contributed by atoms with van der Waals surface area (Å²) in [6.45, 7) is 3.08. The van der Waals surface area contributed by atoms with Gasteiger partial charge in [-0.05, 0) is 25.0 Å². The lowest BCUT2D eigenvalue weighted by molar-refractivity contribution is -0.385. The van der Waals surface area contributed by atoms with Crippen molar-refractivity contribution in [3.05, 3.63) is 73.8 Å². The van der Waals surface area contributed by atoms with Crippen LogP contribution in [0.2, 0.25) is 0 Å². The number of nitrogens with one attached hydrogen (secondary N) is 1. The van der Waals surface area contributed by atoms with Gasteiger partial charge in [0.05, 0.1) is 15.6 Å². The van der Waals surface area contributed by atoms with Gasteiger partial charge in [-0.1, -0.05) is 31.5 Å². The van der Waals surface area contributed by atoms with E-state index in [9.17, 15) is 25.0 Å². The van der Waals surface area contributed by atoms with E-state index in [1.165, 1.54) is 30.3 Å². The maximum Gasteiger partial charge on any atom is 0.311 e. The summed E-state index contributed by atoms with van der Waals surface area (Å²) in [7, 11) is 0. The Morgan fingerprint density at radius 3 is 2.55 bits per heavy atom. The summed E-state index contributed by atoms with van der Waals surface area (Å²) in [5.74, 6) is -0.633. The molecule has 1 amide bonds. The highest BCUT2D eigenvalue weighted by molar-refractivity contribution is 5.99. The Morgan fingerprint density at radius 2 is 1.90 bits per heavy atom. The van der Waals surface area contributed by atoms with Crippen LogP contribution in [-0.4, -0.2) is 28.1 Å². The van der Waals surface area contributed by atoms with Gasteiger partial charge in [-0.15, -0.1) is 0 Å². The van der Waals surface area contributed by atoms with E-state index in [0.717, 1.165) is 12.0 Å². The van der Waals surface area contributed by atoms with Gasteiger partial charge in [-0.2, -0.15) is 5.10 Å².